The molecule has 0 fully saturated rings. The summed E-state index contributed by atoms with van der Waals surface area (Å²) in [7, 11) is 1.63. The Kier molecular flexibility index (Phi) is 1.28. The van der Waals surface area contributed by atoms with E-state index in [-0.39, 0.29) is 0 Å². The molecule has 1 aromatic carbocycles. The Hall–Kier alpha value is -1.51. The highest BCUT2D eigenvalue weighted by atomic mass is 16.5. The SMILES string of the molecule is COc1[nH]c2ccccc2[nH+]1. The van der Waals surface area contributed by atoms with Crippen LogP contribution in [0.5, 0.6) is 6.01 Å². The Labute approximate surface area is 64.0 Å². The van der Waals surface area contributed by atoms with Crippen LogP contribution in [0.3, 0.4) is 0 Å². The van der Waals surface area contributed by atoms with E-state index in [1.807, 2.05) is 24.3 Å². The number of fused-ring (bicyclic) bond motifs is 1. The van der Waals surface area contributed by atoms with Crippen LogP contribution in [0.25, 0.3) is 11.0 Å². The van der Waals surface area contributed by atoms with Crippen molar-refractivity contribution in [1.82, 2.24) is 4.98 Å². The number of hydrogen-bond donors (Lipinski definition) is 1. The normalized spacial score (nSPS) is 10.3. The van der Waals surface area contributed by atoms with Crippen LogP contribution in [0.2, 0.25) is 0 Å². The molecule has 3 nitrogen and oxygen atoms in total. The zero-order valence-corrected chi connectivity index (χ0v) is 6.22. The Balaban J connectivity index is 2.69. The lowest BCUT2D eigenvalue weighted by Gasteiger charge is -1.79. The van der Waals surface area contributed by atoms with Gasteiger partial charge in [0.15, 0.2) is 11.0 Å². The molecule has 0 saturated carbocycles. The summed E-state index contributed by atoms with van der Waals surface area (Å²) in [6.07, 6.45) is 0. The van der Waals surface area contributed by atoms with Crippen molar-refractivity contribution in [2.75, 3.05) is 7.11 Å². The highest BCUT2D eigenvalue weighted by molar-refractivity contribution is 5.70. The van der Waals surface area contributed by atoms with Crippen molar-refractivity contribution in [3.63, 3.8) is 0 Å². The standard InChI is InChI=1S/C8H8N2O/c1-11-8-9-6-4-2-3-5-7(6)10-8/h2-5H,1H3,(H,9,10)/p+1. The van der Waals surface area contributed by atoms with Crippen molar-refractivity contribution >= 4 is 11.0 Å². The topological polar surface area (TPSA) is 39.2 Å². The molecule has 3 heteroatoms. The third-order valence-corrected chi connectivity index (χ3v) is 1.63. The Morgan fingerprint density at radius 1 is 1.36 bits per heavy atom. The predicted octanol–water partition coefficient (Wildman–Crippen LogP) is 0.991. The number of para-hydroxylation sites is 2. The maximum atomic E-state index is 4.99. The van der Waals surface area contributed by atoms with Crippen molar-refractivity contribution in [3.8, 4) is 6.01 Å². The number of rotatable bonds is 1. The van der Waals surface area contributed by atoms with Crippen LogP contribution in [0.15, 0.2) is 24.3 Å². The summed E-state index contributed by atoms with van der Waals surface area (Å²) in [5.74, 6) is 0. The average Bonchev–Trinajstić information content (AvgIpc) is 2.46. The molecule has 0 saturated heterocycles. The summed E-state index contributed by atoms with van der Waals surface area (Å²) < 4.78 is 4.99. The molecule has 1 heterocycles. The van der Waals surface area contributed by atoms with E-state index in [0.717, 1.165) is 11.0 Å². The van der Waals surface area contributed by atoms with Gasteiger partial charge in [-0.2, -0.15) is 0 Å². The van der Waals surface area contributed by atoms with E-state index in [1.54, 1.807) is 7.11 Å². The minimum absolute atomic E-state index is 0.686. The van der Waals surface area contributed by atoms with Gasteiger partial charge < -0.3 is 4.74 Å². The van der Waals surface area contributed by atoms with E-state index in [9.17, 15) is 0 Å². The van der Waals surface area contributed by atoms with E-state index in [2.05, 4.69) is 9.97 Å². The zero-order valence-electron chi connectivity index (χ0n) is 6.22. The third kappa shape index (κ3) is 0.941. The van der Waals surface area contributed by atoms with E-state index in [0.29, 0.717) is 6.01 Å². The lowest BCUT2D eigenvalue weighted by molar-refractivity contribution is -0.361. The number of aromatic nitrogens is 2. The fourth-order valence-electron chi connectivity index (χ4n) is 1.08. The maximum Gasteiger partial charge on any atom is 0.452 e. The number of aromatic amines is 2. The second-order valence-electron chi connectivity index (χ2n) is 2.33. The molecule has 0 amide bonds. The monoisotopic (exact) mass is 149 g/mol. The van der Waals surface area contributed by atoms with E-state index in [1.165, 1.54) is 0 Å². The summed E-state index contributed by atoms with van der Waals surface area (Å²) in [5.41, 5.74) is 2.12. The van der Waals surface area contributed by atoms with Gasteiger partial charge in [0.25, 0.3) is 0 Å². The summed E-state index contributed by atoms with van der Waals surface area (Å²) in [6, 6.07) is 8.63. The van der Waals surface area contributed by atoms with Crippen molar-refractivity contribution < 1.29 is 9.72 Å². The second-order valence-corrected chi connectivity index (χ2v) is 2.33. The average molecular weight is 149 g/mol. The molecule has 11 heavy (non-hydrogen) atoms. The largest absolute Gasteiger partial charge is 0.452 e. The summed E-state index contributed by atoms with van der Waals surface area (Å²) in [4.78, 5) is 6.13. The highest BCUT2D eigenvalue weighted by Crippen LogP contribution is 2.08. The summed E-state index contributed by atoms with van der Waals surface area (Å²) in [5, 5.41) is 0. The zero-order chi connectivity index (χ0) is 7.68. The molecule has 2 aromatic rings. The van der Waals surface area contributed by atoms with E-state index in [4.69, 9.17) is 4.74 Å². The van der Waals surface area contributed by atoms with Gasteiger partial charge >= 0.3 is 6.01 Å². The number of ether oxygens (including phenoxy) is 1. The fourth-order valence-corrected chi connectivity index (χ4v) is 1.08. The van der Waals surface area contributed by atoms with Crippen molar-refractivity contribution in [3.05, 3.63) is 24.3 Å². The molecule has 0 spiro atoms. The summed E-state index contributed by atoms with van der Waals surface area (Å²) >= 11 is 0. The maximum absolute atomic E-state index is 4.99. The molecule has 0 bridgehead atoms. The van der Waals surface area contributed by atoms with Gasteiger partial charge in [-0.05, 0) is 12.1 Å². The van der Waals surface area contributed by atoms with E-state index >= 15 is 0 Å². The van der Waals surface area contributed by atoms with Crippen LogP contribution >= 0.6 is 0 Å². The first-order chi connectivity index (χ1) is 5.40. The van der Waals surface area contributed by atoms with Crippen molar-refractivity contribution in [1.29, 1.82) is 0 Å². The van der Waals surface area contributed by atoms with Crippen LogP contribution in [0.1, 0.15) is 0 Å². The molecule has 0 aliphatic heterocycles. The van der Waals surface area contributed by atoms with Gasteiger partial charge in [-0.25, -0.2) is 9.97 Å². The second kappa shape index (κ2) is 2.27. The summed E-state index contributed by atoms with van der Waals surface area (Å²) in [6.45, 7) is 0. The molecular formula is C8H9N2O+. The number of benzene rings is 1. The highest BCUT2D eigenvalue weighted by Gasteiger charge is 2.06. The predicted molar refractivity (Wildman–Crippen MR) is 41.4 cm³/mol. The first kappa shape index (κ1) is 6.22. The molecule has 0 aliphatic carbocycles. The van der Waals surface area contributed by atoms with Gasteiger partial charge in [-0.15, -0.1) is 0 Å². The molecule has 0 atom stereocenters. The third-order valence-electron chi connectivity index (χ3n) is 1.63. The fraction of sp³-hybridized carbons (Fsp3) is 0.125. The molecule has 0 unspecified atom stereocenters. The lowest BCUT2D eigenvalue weighted by atomic mass is 10.3. The molecule has 2 N–H and O–H groups in total. The number of imidazole rings is 1. The number of H-pyrrole nitrogens is 2. The Morgan fingerprint density at radius 3 is 2.91 bits per heavy atom. The first-order valence-corrected chi connectivity index (χ1v) is 3.44. The molecular weight excluding hydrogens is 140 g/mol. The van der Waals surface area contributed by atoms with Crippen LogP contribution in [0, 0.1) is 0 Å². The van der Waals surface area contributed by atoms with Crippen molar-refractivity contribution in [2.24, 2.45) is 0 Å². The molecule has 0 radical (unpaired) electrons. The lowest BCUT2D eigenvalue weighted by Crippen LogP contribution is -2.02. The van der Waals surface area contributed by atoms with Gasteiger partial charge in [0.2, 0.25) is 0 Å². The van der Waals surface area contributed by atoms with Crippen molar-refractivity contribution in [2.45, 2.75) is 0 Å². The molecule has 2 rings (SSSR count). The van der Waals surface area contributed by atoms with Crippen LogP contribution in [-0.2, 0) is 0 Å². The molecule has 56 valence electrons. The smallest absolute Gasteiger partial charge is 0.434 e. The van der Waals surface area contributed by atoms with Crippen LogP contribution in [-0.4, -0.2) is 12.1 Å². The Morgan fingerprint density at radius 2 is 2.18 bits per heavy atom. The minimum Gasteiger partial charge on any atom is -0.434 e. The number of methoxy groups -OCH3 is 1. The van der Waals surface area contributed by atoms with Gasteiger partial charge in [0.05, 0.1) is 7.11 Å². The number of hydrogen-bond acceptors (Lipinski definition) is 1. The van der Waals surface area contributed by atoms with Gasteiger partial charge in [0.1, 0.15) is 0 Å². The molecule has 1 aromatic heterocycles. The Bertz CT molecular complexity index is 334. The molecule has 0 aliphatic rings. The van der Waals surface area contributed by atoms with Crippen LogP contribution in [0.4, 0.5) is 0 Å². The number of nitrogens with one attached hydrogen (secondary N) is 2. The van der Waals surface area contributed by atoms with Gasteiger partial charge in [0, 0.05) is 0 Å². The quantitative estimate of drug-likeness (QED) is 0.645. The minimum atomic E-state index is 0.686. The first-order valence-electron chi connectivity index (χ1n) is 3.44. The van der Waals surface area contributed by atoms with Gasteiger partial charge in [-0.3, -0.25) is 0 Å². The van der Waals surface area contributed by atoms with Gasteiger partial charge in [-0.1, -0.05) is 12.1 Å². The van der Waals surface area contributed by atoms with E-state index < -0.39 is 0 Å². The van der Waals surface area contributed by atoms with Crippen LogP contribution < -0.4 is 9.72 Å².